The third-order valence-electron chi connectivity index (χ3n) is 3.28. The first-order valence-corrected chi connectivity index (χ1v) is 7.67. The lowest BCUT2D eigenvalue weighted by molar-refractivity contribution is -0.115. The molecular weight excluding hydrogens is 361 g/mol. The van der Waals surface area contributed by atoms with Crippen LogP contribution in [-0.2, 0) is 11.2 Å². The smallest absolute Gasteiger partial charge is 0.228 e. The fourth-order valence-corrected chi connectivity index (χ4v) is 3.46. The highest BCUT2D eigenvalue weighted by molar-refractivity contribution is 9.10. The van der Waals surface area contributed by atoms with Gasteiger partial charge in [0.25, 0.3) is 0 Å². The van der Waals surface area contributed by atoms with Crippen molar-refractivity contribution in [1.82, 2.24) is 0 Å². The molecule has 1 amide bonds. The molecule has 1 aliphatic rings. The third-order valence-corrected chi connectivity index (χ3v) is 4.59. The number of benzene rings is 2. The first-order chi connectivity index (χ1) is 9.54. The van der Waals surface area contributed by atoms with Gasteiger partial charge in [0.1, 0.15) is 0 Å². The van der Waals surface area contributed by atoms with Gasteiger partial charge in [-0.3, -0.25) is 4.79 Å². The number of hydrogen-bond donors (Lipinski definition) is 1. The third kappa shape index (κ3) is 2.58. The van der Waals surface area contributed by atoms with Gasteiger partial charge in [-0.05, 0) is 34.9 Å². The first-order valence-electron chi connectivity index (χ1n) is 6.06. The summed E-state index contributed by atoms with van der Waals surface area (Å²) in [5.74, 6) is 0.0185. The van der Waals surface area contributed by atoms with Crippen LogP contribution >= 0.6 is 39.1 Å². The Balaban J connectivity index is 1.97. The number of nitrogens with one attached hydrogen (secondary N) is 1. The van der Waals surface area contributed by atoms with Gasteiger partial charge in [-0.15, -0.1) is 11.6 Å². The summed E-state index contributed by atoms with van der Waals surface area (Å²) in [6.07, 6.45) is 0.404. The fraction of sp³-hybridized carbons (Fsp3) is 0.133. The van der Waals surface area contributed by atoms with Crippen LogP contribution in [0.4, 0.5) is 5.69 Å². The van der Waals surface area contributed by atoms with Gasteiger partial charge >= 0.3 is 0 Å². The highest BCUT2D eigenvalue weighted by Crippen LogP contribution is 2.37. The molecule has 0 saturated carbocycles. The molecule has 0 aromatic heterocycles. The molecule has 3 rings (SSSR count). The average molecular weight is 371 g/mol. The average Bonchev–Trinajstić information content (AvgIpc) is 2.77. The Morgan fingerprint density at radius 2 is 2.00 bits per heavy atom. The minimum Gasteiger partial charge on any atom is -0.326 e. The fourth-order valence-electron chi connectivity index (χ4n) is 2.29. The van der Waals surface area contributed by atoms with E-state index in [9.17, 15) is 4.79 Å². The summed E-state index contributed by atoms with van der Waals surface area (Å²) >= 11 is 16.1. The van der Waals surface area contributed by atoms with Crippen LogP contribution in [0.2, 0.25) is 5.02 Å². The van der Waals surface area contributed by atoms with E-state index in [1.54, 1.807) is 0 Å². The second-order valence-electron chi connectivity index (χ2n) is 4.67. The van der Waals surface area contributed by atoms with E-state index in [1.165, 1.54) is 0 Å². The number of amides is 1. The molecule has 1 N–H and O–H groups in total. The minimum absolute atomic E-state index is 0.0185. The molecule has 0 saturated heterocycles. The number of halogens is 3. The number of rotatable bonds is 2. The zero-order valence-corrected chi connectivity index (χ0v) is 13.4. The highest BCUT2D eigenvalue weighted by atomic mass is 79.9. The summed E-state index contributed by atoms with van der Waals surface area (Å²) < 4.78 is 0.916. The summed E-state index contributed by atoms with van der Waals surface area (Å²) in [5, 5.41) is 3.09. The van der Waals surface area contributed by atoms with Gasteiger partial charge < -0.3 is 5.32 Å². The summed E-state index contributed by atoms with van der Waals surface area (Å²) in [6, 6.07) is 11.4. The Bertz CT molecular complexity index is 702. The second kappa shape index (κ2) is 5.40. The van der Waals surface area contributed by atoms with Gasteiger partial charge in [0.2, 0.25) is 5.91 Å². The second-order valence-corrected chi connectivity index (χ2v) is 6.43. The van der Waals surface area contributed by atoms with Gasteiger partial charge in [0, 0.05) is 15.2 Å². The lowest BCUT2D eigenvalue weighted by Crippen LogP contribution is -2.03. The molecular formula is C15H10BrCl2NO. The van der Waals surface area contributed by atoms with Crippen LogP contribution in [0.25, 0.3) is 0 Å². The molecule has 102 valence electrons. The molecule has 0 aliphatic carbocycles. The highest BCUT2D eigenvalue weighted by Gasteiger charge is 2.21. The molecule has 20 heavy (non-hydrogen) atoms. The predicted molar refractivity (Wildman–Crippen MR) is 85.6 cm³/mol. The van der Waals surface area contributed by atoms with Gasteiger partial charge in [-0.25, -0.2) is 0 Å². The molecule has 0 bridgehead atoms. The molecule has 2 aromatic carbocycles. The Morgan fingerprint density at radius 1 is 1.20 bits per heavy atom. The molecule has 1 aliphatic heterocycles. The summed E-state index contributed by atoms with van der Waals surface area (Å²) in [4.78, 5) is 11.4. The van der Waals surface area contributed by atoms with Gasteiger partial charge in [-0.2, -0.15) is 0 Å². The molecule has 0 spiro atoms. The number of fused-ring (bicyclic) bond motifs is 1. The number of carbonyl (C=O) groups is 1. The van der Waals surface area contributed by atoms with Crippen LogP contribution in [0.3, 0.4) is 0 Å². The van der Waals surface area contributed by atoms with Crippen molar-refractivity contribution in [2.75, 3.05) is 5.32 Å². The molecule has 0 radical (unpaired) electrons. The zero-order valence-electron chi connectivity index (χ0n) is 10.3. The van der Waals surface area contributed by atoms with E-state index in [2.05, 4.69) is 21.2 Å². The van der Waals surface area contributed by atoms with Crippen molar-refractivity contribution in [2.45, 2.75) is 11.8 Å². The lowest BCUT2D eigenvalue weighted by atomic mass is 10.0. The van der Waals surface area contributed by atoms with Crippen molar-refractivity contribution in [2.24, 2.45) is 0 Å². The summed E-state index contributed by atoms with van der Waals surface area (Å²) in [6.45, 7) is 0. The van der Waals surface area contributed by atoms with E-state index in [0.717, 1.165) is 26.9 Å². The number of alkyl halides is 1. The van der Waals surface area contributed by atoms with Crippen LogP contribution in [0.15, 0.2) is 40.9 Å². The molecule has 1 heterocycles. The van der Waals surface area contributed by atoms with Crippen LogP contribution < -0.4 is 5.32 Å². The molecule has 2 nitrogen and oxygen atoms in total. The van der Waals surface area contributed by atoms with Crippen molar-refractivity contribution < 1.29 is 4.79 Å². The lowest BCUT2D eigenvalue weighted by Gasteiger charge is -2.13. The molecule has 5 heteroatoms. The topological polar surface area (TPSA) is 29.1 Å². The van der Waals surface area contributed by atoms with Gasteiger partial charge in [0.05, 0.1) is 11.8 Å². The number of hydrogen-bond acceptors (Lipinski definition) is 1. The predicted octanol–water partition coefficient (Wildman–Crippen LogP) is 4.93. The monoisotopic (exact) mass is 369 g/mol. The summed E-state index contributed by atoms with van der Waals surface area (Å²) in [7, 11) is 0. The standard InChI is InChI=1S/C15H10BrCl2NO/c16-10-2-3-11(12(17)7-10)15(18)8-1-4-13-9(5-8)6-14(20)19-13/h1-5,7,15H,6H2,(H,19,20). The Hall–Kier alpha value is -1.03. The normalized spacial score (nSPS) is 14.8. The zero-order chi connectivity index (χ0) is 14.3. The van der Waals surface area contributed by atoms with E-state index in [4.69, 9.17) is 23.2 Å². The van der Waals surface area contributed by atoms with E-state index in [-0.39, 0.29) is 11.3 Å². The van der Waals surface area contributed by atoms with Gasteiger partial charge in [0.15, 0.2) is 0 Å². The first kappa shape index (κ1) is 13.9. The van der Waals surface area contributed by atoms with Gasteiger partial charge in [-0.1, -0.05) is 45.7 Å². The van der Waals surface area contributed by atoms with Crippen molar-refractivity contribution in [1.29, 1.82) is 0 Å². The summed E-state index contributed by atoms with van der Waals surface area (Å²) in [5.41, 5.74) is 3.64. The SMILES string of the molecule is O=C1Cc2cc(C(Cl)c3ccc(Br)cc3Cl)ccc2N1. The minimum atomic E-state index is -0.336. The van der Waals surface area contributed by atoms with E-state index in [0.29, 0.717) is 11.4 Å². The van der Waals surface area contributed by atoms with E-state index in [1.807, 2.05) is 36.4 Å². The maximum atomic E-state index is 11.4. The van der Waals surface area contributed by atoms with Crippen LogP contribution in [0.5, 0.6) is 0 Å². The quantitative estimate of drug-likeness (QED) is 0.746. The van der Waals surface area contributed by atoms with Crippen molar-refractivity contribution in [3.8, 4) is 0 Å². The molecule has 0 fully saturated rings. The van der Waals surface area contributed by atoms with Crippen LogP contribution in [-0.4, -0.2) is 5.91 Å². The molecule has 2 aromatic rings. The largest absolute Gasteiger partial charge is 0.326 e. The number of anilines is 1. The Labute approximate surface area is 135 Å². The van der Waals surface area contributed by atoms with Crippen molar-refractivity contribution >= 4 is 50.7 Å². The van der Waals surface area contributed by atoms with E-state index < -0.39 is 0 Å². The van der Waals surface area contributed by atoms with Crippen LogP contribution in [0, 0.1) is 0 Å². The molecule has 1 unspecified atom stereocenters. The number of carbonyl (C=O) groups excluding carboxylic acids is 1. The molecule has 1 atom stereocenters. The Kier molecular flexibility index (Phi) is 3.76. The van der Waals surface area contributed by atoms with Crippen molar-refractivity contribution in [3.63, 3.8) is 0 Å². The van der Waals surface area contributed by atoms with Crippen molar-refractivity contribution in [3.05, 3.63) is 62.6 Å². The maximum absolute atomic E-state index is 11.4. The Morgan fingerprint density at radius 3 is 2.75 bits per heavy atom. The van der Waals surface area contributed by atoms with E-state index >= 15 is 0 Å². The van der Waals surface area contributed by atoms with Crippen LogP contribution in [0.1, 0.15) is 22.1 Å². The maximum Gasteiger partial charge on any atom is 0.228 e.